The average molecular weight is 192 g/mol. The van der Waals surface area contributed by atoms with Gasteiger partial charge in [-0.05, 0) is 30.7 Å². The summed E-state index contributed by atoms with van der Waals surface area (Å²) in [6, 6.07) is 7.91. The van der Waals surface area contributed by atoms with E-state index in [0.717, 1.165) is 25.2 Å². The first-order valence-electron chi connectivity index (χ1n) is 5.01. The molecule has 3 nitrogen and oxygen atoms in total. The summed E-state index contributed by atoms with van der Waals surface area (Å²) in [5.74, 6) is 0.438. The van der Waals surface area contributed by atoms with Gasteiger partial charge in [0, 0.05) is 37.0 Å². The van der Waals surface area contributed by atoms with E-state index in [1.54, 1.807) is 0 Å². The highest BCUT2D eigenvalue weighted by Gasteiger charge is 2.21. The normalized spacial score (nSPS) is 21.5. The van der Waals surface area contributed by atoms with Gasteiger partial charge in [0.2, 0.25) is 0 Å². The second-order valence-electron chi connectivity index (χ2n) is 3.87. The molecule has 1 aliphatic heterocycles. The number of nitrogens with two attached hydrogens (primary N) is 1. The predicted octanol–water partition coefficient (Wildman–Crippen LogP) is 1.09. The fourth-order valence-electron chi connectivity index (χ4n) is 1.90. The van der Waals surface area contributed by atoms with Crippen molar-refractivity contribution < 1.29 is 5.11 Å². The first kappa shape index (κ1) is 9.34. The van der Waals surface area contributed by atoms with E-state index in [0.29, 0.717) is 12.5 Å². The topological polar surface area (TPSA) is 49.5 Å². The Morgan fingerprint density at radius 1 is 1.36 bits per heavy atom. The molecule has 0 radical (unpaired) electrons. The fraction of sp³-hybridized carbons (Fsp3) is 0.455. The molecule has 3 N–H and O–H groups in total. The molecule has 14 heavy (non-hydrogen) atoms. The molecular weight excluding hydrogens is 176 g/mol. The molecule has 1 aromatic rings. The highest BCUT2D eigenvalue weighted by Crippen LogP contribution is 2.23. The summed E-state index contributed by atoms with van der Waals surface area (Å²) < 4.78 is 0. The molecular formula is C11H16N2O. The lowest BCUT2D eigenvalue weighted by atomic mass is 10.1. The average Bonchev–Trinajstić information content (AvgIpc) is 2.67. The van der Waals surface area contributed by atoms with Crippen LogP contribution in [-0.4, -0.2) is 24.8 Å². The maximum absolute atomic E-state index is 9.03. The standard InChI is InChI=1S/C11H16N2O/c12-10-1-3-11(4-2-10)13-6-5-9(7-13)8-14/h1-4,9,14H,5-8,12H2/t9-/m1/s1. The van der Waals surface area contributed by atoms with E-state index in [2.05, 4.69) is 4.90 Å². The van der Waals surface area contributed by atoms with Gasteiger partial charge in [0.25, 0.3) is 0 Å². The van der Waals surface area contributed by atoms with E-state index in [-0.39, 0.29) is 0 Å². The van der Waals surface area contributed by atoms with Crippen LogP contribution in [0.5, 0.6) is 0 Å². The minimum atomic E-state index is 0.297. The summed E-state index contributed by atoms with van der Waals surface area (Å²) in [5, 5.41) is 9.03. The van der Waals surface area contributed by atoms with Gasteiger partial charge in [-0.2, -0.15) is 0 Å². The summed E-state index contributed by atoms with van der Waals surface area (Å²) >= 11 is 0. The van der Waals surface area contributed by atoms with Crippen LogP contribution >= 0.6 is 0 Å². The van der Waals surface area contributed by atoms with Crippen LogP contribution in [0.15, 0.2) is 24.3 Å². The maximum atomic E-state index is 9.03. The third-order valence-electron chi connectivity index (χ3n) is 2.80. The van der Waals surface area contributed by atoms with Crippen molar-refractivity contribution in [1.29, 1.82) is 0 Å². The zero-order valence-corrected chi connectivity index (χ0v) is 8.19. The van der Waals surface area contributed by atoms with Crippen LogP contribution < -0.4 is 10.6 Å². The zero-order chi connectivity index (χ0) is 9.97. The molecule has 0 saturated carbocycles. The molecule has 0 spiro atoms. The van der Waals surface area contributed by atoms with E-state index in [1.807, 2.05) is 24.3 Å². The van der Waals surface area contributed by atoms with Crippen molar-refractivity contribution in [2.24, 2.45) is 5.92 Å². The van der Waals surface area contributed by atoms with E-state index < -0.39 is 0 Å². The highest BCUT2D eigenvalue weighted by molar-refractivity contribution is 5.53. The van der Waals surface area contributed by atoms with E-state index >= 15 is 0 Å². The molecule has 2 rings (SSSR count). The smallest absolute Gasteiger partial charge is 0.0476 e. The lowest BCUT2D eigenvalue weighted by Crippen LogP contribution is -2.20. The summed E-state index contributed by atoms with van der Waals surface area (Å²) in [6.07, 6.45) is 1.08. The molecule has 76 valence electrons. The van der Waals surface area contributed by atoms with Crippen molar-refractivity contribution in [3.05, 3.63) is 24.3 Å². The molecule has 1 heterocycles. The second kappa shape index (κ2) is 3.88. The Morgan fingerprint density at radius 3 is 2.64 bits per heavy atom. The van der Waals surface area contributed by atoms with Crippen LogP contribution in [0, 0.1) is 5.92 Å². The Labute approximate surface area is 84.1 Å². The fourth-order valence-corrected chi connectivity index (χ4v) is 1.90. The lowest BCUT2D eigenvalue weighted by molar-refractivity contribution is 0.238. The largest absolute Gasteiger partial charge is 0.399 e. The maximum Gasteiger partial charge on any atom is 0.0476 e. The summed E-state index contributed by atoms with van der Waals surface area (Å²) in [4.78, 5) is 2.29. The first-order valence-corrected chi connectivity index (χ1v) is 5.01. The molecule has 0 aromatic heterocycles. The summed E-state index contributed by atoms with van der Waals surface area (Å²) in [5.41, 5.74) is 7.62. The minimum Gasteiger partial charge on any atom is -0.399 e. The molecule has 0 bridgehead atoms. The van der Waals surface area contributed by atoms with Gasteiger partial charge in [-0.25, -0.2) is 0 Å². The van der Waals surface area contributed by atoms with Crippen molar-refractivity contribution in [3.8, 4) is 0 Å². The molecule has 1 aromatic carbocycles. The summed E-state index contributed by atoms with van der Waals surface area (Å²) in [6.45, 7) is 2.29. The van der Waals surface area contributed by atoms with E-state index in [1.165, 1.54) is 5.69 Å². The molecule has 0 amide bonds. The van der Waals surface area contributed by atoms with Gasteiger partial charge in [0.1, 0.15) is 0 Å². The van der Waals surface area contributed by atoms with Crippen molar-refractivity contribution in [1.82, 2.24) is 0 Å². The van der Waals surface area contributed by atoms with Crippen molar-refractivity contribution in [3.63, 3.8) is 0 Å². The van der Waals surface area contributed by atoms with Gasteiger partial charge in [0.05, 0.1) is 0 Å². The number of rotatable bonds is 2. The first-order chi connectivity index (χ1) is 6.79. The van der Waals surface area contributed by atoms with Gasteiger partial charge >= 0.3 is 0 Å². The van der Waals surface area contributed by atoms with Crippen molar-refractivity contribution in [2.45, 2.75) is 6.42 Å². The molecule has 1 aliphatic rings. The van der Waals surface area contributed by atoms with Crippen LogP contribution in [0.1, 0.15) is 6.42 Å². The zero-order valence-electron chi connectivity index (χ0n) is 8.19. The Balaban J connectivity index is 2.06. The molecule has 0 aliphatic carbocycles. The third kappa shape index (κ3) is 1.82. The van der Waals surface area contributed by atoms with E-state index in [4.69, 9.17) is 10.8 Å². The highest BCUT2D eigenvalue weighted by atomic mass is 16.3. The number of benzene rings is 1. The Morgan fingerprint density at radius 2 is 2.07 bits per heavy atom. The molecule has 1 atom stereocenters. The lowest BCUT2D eigenvalue weighted by Gasteiger charge is -2.18. The molecule has 1 saturated heterocycles. The van der Waals surface area contributed by atoms with Gasteiger partial charge in [-0.3, -0.25) is 0 Å². The van der Waals surface area contributed by atoms with Gasteiger partial charge < -0.3 is 15.7 Å². The van der Waals surface area contributed by atoms with Crippen LogP contribution in [0.3, 0.4) is 0 Å². The molecule has 3 heteroatoms. The van der Waals surface area contributed by atoms with Crippen LogP contribution in [0.2, 0.25) is 0 Å². The molecule has 1 fully saturated rings. The van der Waals surface area contributed by atoms with E-state index in [9.17, 15) is 0 Å². The monoisotopic (exact) mass is 192 g/mol. The van der Waals surface area contributed by atoms with Gasteiger partial charge in [-0.15, -0.1) is 0 Å². The number of anilines is 2. The van der Waals surface area contributed by atoms with Crippen LogP contribution in [0.4, 0.5) is 11.4 Å². The predicted molar refractivity (Wildman–Crippen MR) is 58.3 cm³/mol. The number of hydrogen-bond acceptors (Lipinski definition) is 3. The number of nitrogen functional groups attached to an aromatic ring is 1. The van der Waals surface area contributed by atoms with Gasteiger partial charge in [0.15, 0.2) is 0 Å². The van der Waals surface area contributed by atoms with Crippen molar-refractivity contribution >= 4 is 11.4 Å². The van der Waals surface area contributed by atoms with Crippen molar-refractivity contribution in [2.75, 3.05) is 30.3 Å². The Bertz CT molecular complexity index is 297. The summed E-state index contributed by atoms with van der Waals surface area (Å²) in [7, 11) is 0. The number of aliphatic hydroxyl groups is 1. The minimum absolute atomic E-state index is 0.297. The Kier molecular flexibility index (Phi) is 2.59. The van der Waals surface area contributed by atoms with Gasteiger partial charge in [-0.1, -0.05) is 0 Å². The Hall–Kier alpha value is -1.22. The third-order valence-corrected chi connectivity index (χ3v) is 2.80. The quantitative estimate of drug-likeness (QED) is 0.689. The van der Waals surface area contributed by atoms with Crippen LogP contribution in [0.25, 0.3) is 0 Å². The second-order valence-corrected chi connectivity index (χ2v) is 3.87. The van der Waals surface area contributed by atoms with Crippen LogP contribution in [-0.2, 0) is 0 Å². The number of hydrogen-bond donors (Lipinski definition) is 2. The number of aliphatic hydroxyl groups excluding tert-OH is 1. The number of nitrogens with zero attached hydrogens (tertiary/aromatic N) is 1. The SMILES string of the molecule is Nc1ccc(N2CC[C@@H](CO)C2)cc1. The molecule has 0 unspecified atom stereocenters.